The van der Waals surface area contributed by atoms with E-state index in [1.807, 2.05) is 6.07 Å². The standard InChI is InChI=1S/C15H17NO6/c1-15(2)21-12-11(16-18)10(20-14(12)22-15)8-19-13(17)9-6-4-3-5-7-9/h3-7,10,12,14,18H,8H2,1-2H3. The van der Waals surface area contributed by atoms with Crippen molar-refractivity contribution in [1.29, 1.82) is 0 Å². The van der Waals surface area contributed by atoms with E-state index in [0.29, 0.717) is 5.56 Å². The van der Waals surface area contributed by atoms with Gasteiger partial charge in [-0.3, -0.25) is 0 Å². The Morgan fingerprint density at radius 1 is 1.32 bits per heavy atom. The van der Waals surface area contributed by atoms with Crippen LogP contribution in [0.3, 0.4) is 0 Å². The predicted molar refractivity (Wildman–Crippen MR) is 74.6 cm³/mol. The first kappa shape index (κ1) is 15.0. The summed E-state index contributed by atoms with van der Waals surface area (Å²) in [7, 11) is 0. The van der Waals surface area contributed by atoms with E-state index in [9.17, 15) is 4.79 Å². The van der Waals surface area contributed by atoms with Crippen molar-refractivity contribution in [2.75, 3.05) is 6.61 Å². The molecule has 2 heterocycles. The van der Waals surface area contributed by atoms with Gasteiger partial charge in [0.05, 0.1) is 5.56 Å². The van der Waals surface area contributed by atoms with E-state index in [4.69, 9.17) is 24.2 Å². The summed E-state index contributed by atoms with van der Waals surface area (Å²) in [6.45, 7) is 3.41. The zero-order valence-corrected chi connectivity index (χ0v) is 12.3. The largest absolute Gasteiger partial charge is 0.459 e. The molecule has 0 aromatic heterocycles. The summed E-state index contributed by atoms with van der Waals surface area (Å²) in [5, 5.41) is 12.4. The van der Waals surface area contributed by atoms with Gasteiger partial charge in [-0.1, -0.05) is 23.4 Å². The normalized spacial score (nSPS) is 31.2. The van der Waals surface area contributed by atoms with Gasteiger partial charge in [0.25, 0.3) is 0 Å². The van der Waals surface area contributed by atoms with E-state index >= 15 is 0 Å². The van der Waals surface area contributed by atoms with Gasteiger partial charge >= 0.3 is 5.97 Å². The highest BCUT2D eigenvalue weighted by atomic mass is 16.8. The molecule has 2 fully saturated rings. The fourth-order valence-electron chi connectivity index (χ4n) is 2.50. The van der Waals surface area contributed by atoms with Crippen LogP contribution in [0, 0.1) is 0 Å². The quantitative estimate of drug-likeness (QED) is 0.518. The summed E-state index contributed by atoms with van der Waals surface area (Å²) in [6, 6.07) is 8.62. The van der Waals surface area contributed by atoms with E-state index in [1.54, 1.807) is 38.1 Å². The lowest BCUT2D eigenvalue weighted by Gasteiger charge is -2.20. The first-order valence-corrected chi connectivity index (χ1v) is 6.95. The minimum Gasteiger partial charge on any atom is -0.459 e. The predicted octanol–water partition coefficient (Wildman–Crippen LogP) is 1.55. The topological polar surface area (TPSA) is 86.6 Å². The number of rotatable bonds is 3. The molecular weight excluding hydrogens is 290 g/mol. The van der Waals surface area contributed by atoms with E-state index < -0.39 is 30.3 Å². The van der Waals surface area contributed by atoms with Crippen LogP contribution < -0.4 is 0 Å². The fourth-order valence-corrected chi connectivity index (χ4v) is 2.50. The average Bonchev–Trinajstić information content (AvgIpc) is 2.96. The van der Waals surface area contributed by atoms with Crippen molar-refractivity contribution in [1.82, 2.24) is 0 Å². The highest BCUT2D eigenvalue weighted by Gasteiger charge is 2.53. The first-order valence-electron chi connectivity index (χ1n) is 6.95. The molecule has 118 valence electrons. The van der Waals surface area contributed by atoms with Crippen LogP contribution in [0.1, 0.15) is 24.2 Å². The third-order valence-electron chi connectivity index (χ3n) is 3.47. The molecule has 1 N–H and O–H groups in total. The van der Waals surface area contributed by atoms with Gasteiger partial charge in [0.2, 0.25) is 0 Å². The molecule has 0 saturated carbocycles. The number of nitrogens with zero attached hydrogens (tertiary/aromatic N) is 1. The molecule has 2 aliphatic rings. The fraction of sp³-hybridized carbons (Fsp3) is 0.467. The zero-order chi connectivity index (χ0) is 15.7. The van der Waals surface area contributed by atoms with Crippen LogP contribution >= 0.6 is 0 Å². The molecule has 1 aromatic carbocycles. The molecule has 7 nitrogen and oxygen atoms in total. The lowest BCUT2D eigenvalue weighted by Crippen LogP contribution is -2.33. The Kier molecular flexibility index (Phi) is 3.86. The van der Waals surface area contributed by atoms with Crippen molar-refractivity contribution in [3.8, 4) is 0 Å². The van der Waals surface area contributed by atoms with Crippen LogP contribution in [0.4, 0.5) is 0 Å². The molecular formula is C15H17NO6. The van der Waals surface area contributed by atoms with Crippen molar-refractivity contribution in [2.24, 2.45) is 5.16 Å². The number of hydrogen-bond acceptors (Lipinski definition) is 7. The second-order valence-corrected chi connectivity index (χ2v) is 5.54. The van der Waals surface area contributed by atoms with Crippen LogP contribution in [0.15, 0.2) is 35.5 Å². The summed E-state index contributed by atoms with van der Waals surface area (Å²) < 4.78 is 22.0. The summed E-state index contributed by atoms with van der Waals surface area (Å²) >= 11 is 0. The summed E-state index contributed by atoms with van der Waals surface area (Å²) in [5.74, 6) is -1.28. The summed E-state index contributed by atoms with van der Waals surface area (Å²) in [6.07, 6.45) is -1.95. The van der Waals surface area contributed by atoms with Gasteiger partial charge in [0, 0.05) is 0 Å². The third kappa shape index (κ3) is 2.83. The Balaban J connectivity index is 1.62. The van der Waals surface area contributed by atoms with Crippen molar-refractivity contribution in [3.63, 3.8) is 0 Å². The van der Waals surface area contributed by atoms with Crippen LogP contribution in [0.25, 0.3) is 0 Å². The molecule has 3 unspecified atom stereocenters. The molecule has 0 spiro atoms. The Morgan fingerprint density at radius 3 is 2.73 bits per heavy atom. The van der Waals surface area contributed by atoms with E-state index in [1.165, 1.54) is 0 Å². The molecule has 1 aromatic rings. The monoisotopic (exact) mass is 307 g/mol. The lowest BCUT2D eigenvalue weighted by atomic mass is 10.1. The number of carbonyl (C=O) groups is 1. The van der Waals surface area contributed by atoms with Gasteiger partial charge in [-0.05, 0) is 26.0 Å². The minimum atomic E-state index is -0.809. The van der Waals surface area contributed by atoms with E-state index in [0.717, 1.165) is 0 Å². The molecule has 3 rings (SSSR count). The lowest BCUT2D eigenvalue weighted by molar-refractivity contribution is -0.199. The maximum Gasteiger partial charge on any atom is 0.338 e. The Bertz CT molecular complexity index is 585. The second kappa shape index (κ2) is 5.68. The Hall–Kier alpha value is -1.96. The van der Waals surface area contributed by atoms with Crippen LogP contribution in [-0.4, -0.2) is 47.8 Å². The zero-order valence-electron chi connectivity index (χ0n) is 12.3. The van der Waals surface area contributed by atoms with Crippen molar-refractivity contribution < 1.29 is 28.9 Å². The van der Waals surface area contributed by atoms with Crippen molar-refractivity contribution >= 4 is 11.7 Å². The number of carbonyl (C=O) groups excluding carboxylic acids is 1. The van der Waals surface area contributed by atoms with Crippen molar-refractivity contribution in [3.05, 3.63) is 35.9 Å². The molecule has 7 heteroatoms. The van der Waals surface area contributed by atoms with Gasteiger partial charge in [-0.25, -0.2) is 4.79 Å². The van der Waals surface area contributed by atoms with Gasteiger partial charge in [-0.15, -0.1) is 0 Å². The van der Waals surface area contributed by atoms with Gasteiger partial charge in [0.15, 0.2) is 18.2 Å². The van der Waals surface area contributed by atoms with Crippen LogP contribution in [0.2, 0.25) is 0 Å². The molecule has 0 aliphatic carbocycles. The number of oxime groups is 1. The maximum atomic E-state index is 11.9. The molecule has 2 aliphatic heterocycles. The summed E-state index contributed by atoms with van der Waals surface area (Å²) in [4.78, 5) is 11.9. The van der Waals surface area contributed by atoms with Crippen LogP contribution in [-0.2, 0) is 18.9 Å². The molecule has 0 bridgehead atoms. The Morgan fingerprint density at radius 2 is 2.05 bits per heavy atom. The van der Waals surface area contributed by atoms with E-state index in [2.05, 4.69) is 5.16 Å². The number of esters is 1. The maximum absolute atomic E-state index is 11.9. The van der Waals surface area contributed by atoms with Crippen molar-refractivity contribution in [2.45, 2.75) is 38.1 Å². The summed E-state index contributed by atoms with van der Waals surface area (Å²) in [5.41, 5.74) is 0.702. The third-order valence-corrected chi connectivity index (χ3v) is 3.47. The van der Waals surface area contributed by atoms with Gasteiger partial charge in [-0.2, -0.15) is 0 Å². The number of hydrogen-bond donors (Lipinski definition) is 1. The van der Waals surface area contributed by atoms with Gasteiger partial charge in [0.1, 0.15) is 18.4 Å². The Labute approximate surface area is 127 Å². The SMILES string of the molecule is CC1(C)OC2OC(COC(=O)c3ccccc3)C(=NO)C2O1. The number of ether oxygens (including phenoxy) is 4. The van der Waals surface area contributed by atoms with Gasteiger partial charge < -0.3 is 24.2 Å². The van der Waals surface area contributed by atoms with Crippen LogP contribution in [0.5, 0.6) is 0 Å². The molecule has 3 atom stereocenters. The highest BCUT2D eigenvalue weighted by molar-refractivity contribution is 5.95. The van der Waals surface area contributed by atoms with E-state index in [-0.39, 0.29) is 12.3 Å². The molecule has 2 saturated heterocycles. The number of benzene rings is 1. The average molecular weight is 307 g/mol. The second-order valence-electron chi connectivity index (χ2n) is 5.54. The minimum absolute atomic E-state index is 0.0761. The smallest absolute Gasteiger partial charge is 0.338 e. The first-order chi connectivity index (χ1) is 10.5. The number of fused-ring (bicyclic) bond motifs is 1. The molecule has 22 heavy (non-hydrogen) atoms. The highest BCUT2D eigenvalue weighted by Crippen LogP contribution is 2.35. The molecule has 0 radical (unpaired) electrons. The molecule has 0 amide bonds.